The van der Waals surface area contributed by atoms with Crippen LogP contribution in [0.5, 0.6) is 11.5 Å². The number of quaternary nitrogens is 1. The molecule has 0 radical (unpaired) electrons. The maximum Gasteiger partial charge on any atom is 0.133 e. The zero-order valence-corrected chi connectivity index (χ0v) is 19.1. The summed E-state index contributed by atoms with van der Waals surface area (Å²) in [4.78, 5) is 8.79. The maximum atomic E-state index is 11.3. The van der Waals surface area contributed by atoms with Crippen LogP contribution in [0.15, 0.2) is 36.7 Å². The number of hydrogen-bond donors (Lipinski definition) is 4. The molecule has 0 atom stereocenters. The Labute approximate surface area is 183 Å². The number of hydrogen-bond acceptors (Lipinski definition) is 3. The Morgan fingerprint density at radius 3 is 2.23 bits per heavy atom. The van der Waals surface area contributed by atoms with Crippen molar-refractivity contribution in [1.82, 2.24) is 14.9 Å². The van der Waals surface area contributed by atoms with Crippen LogP contribution in [0.3, 0.4) is 0 Å². The lowest BCUT2D eigenvalue weighted by Gasteiger charge is -2.23. The van der Waals surface area contributed by atoms with Gasteiger partial charge >= 0.3 is 0 Å². The first-order chi connectivity index (χ1) is 14.7. The van der Waals surface area contributed by atoms with Crippen LogP contribution in [0, 0.1) is 0 Å². The topological polar surface area (TPSA) is 75.3 Å². The number of benzene rings is 2. The molecule has 4 aromatic rings. The molecule has 6 nitrogen and oxygen atoms in total. The molecule has 0 aliphatic heterocycles. The van der Waals surface area contributed by atoms with Gasteiger partial charge in [0.05, 0.1) is 33.2 Å². The lowest BCUT2D eigenvalue weighted by molar-refractivity contribution is -0.870. The highest BCUT2D eigenvalue weighted by atomic mass is 16.3. The summed E-state index contributed by atoms with van der Waals surface area (Å²) < 4.78 is 0.855. The summed E-state index contributed by atoms with van der Waals surface area (Å²) in [6, 6.07) is 7.57. The molecule has 2 aromatic carbocycles. The highest BCUT2D eigenvalue weighted by Gasteiger charge is 2.19. The van der Waals surface area contributed by atoms with E-state index in [0.717, 1.165) is 74.5 Å². The lowest BCUT2D eigenvalue weighted by atomic mass is 9.97. The Balaban J connectivity index is 1.81. The van der Waals surface area contributed by atoms with Crippen molar-refractivity contribution in [3.8, 4) is 22.6 Å². The van der Waals surface area contributed by atoms with Gasteiger partial charge in [-0.2, -0.15) is 0 Å². The molecule has 0 spiro atoms. The third kappa shape index (κ3) is 4.13. The van der Waals surface area contributed by atoms with Crippen LogP contribution in [-0.4, -0.2) is 77.9 Å². The van der Waals surface area contributed by atoms with E-state index in [1.54, 1.807) is 6.07 Å². The fourth-order valence-electron chi connectivity index (χ4n) is 4.21. The van der Waals surface area contributed by atoms with E-state index in [4.69, 9.17) is 0 Å². The summed E-state index contributed by atoms with van der Waals surface area (Å²) in [5, 5.41) is 23.6. The van der Waals surface area contributed by atoms with Crippen LogP contribution >= 0.6 is 0 Å². The number of fused-ring (bicyclic) bond motifs is 2. The standard InChI is InChI=1S/C25H32N4O2/c1-28(2)12-10-16-14-26-20-8-6-19(25(31)22(16)20)18-7-9-21(30)23-17(15-27-24(18)23)11-13-29(3,4)5/h6-9,14-15,26-27H,10-13H2,1-5H3,(H-,30,31)/p+1. The van der Waals surface area contributed by atoms with Crippen LogP contribution in [0.1, 0.15) is 11.1 Å². The van der Waals surface area contributed by atoms with Crippen molar-refractivity contribution < 1.29 is 14.7 Å². The normalized spacial score (nSPS) is 12.5. The van der Waals surface area contributed by atoms with Gasteiger partial charge in [0.2, 0.25) is 0 Å². The summed E-state index contributed by atoms with van der Waals surface area (Å²) >= 11 is 0. The summed E-state index contributed by atoms with van der Waals surface area (Å²) in [6.45, 7) is 1.87. The predicted octanol–water partition coefficient (Wildman–Crippen LogP) is 4.08. The van der Waals surface area contributed by atoms with Crippen molar-refractivity contribution in [3.63, 3.8) is 0 Å². The first-order valence-electron chi connectivity index (χ1n) is 10.7. The van der Waals surface area contributed by atoms with Gasteiger partial charge in [0.25, 0.3) is 0 Å². The fourth-order valence-corrected chi connectivity index (χ4v) is 4.21. The van der Waals surface area contributed by atoms with E-state index >= 15 is 0 Å². The summed E-state index contributed by atoms with van der Waals surface area (Å²) in [5.74, 6) is 0.548. The predicted molar refractivity (Wildman–Crippen MR) is 128 cm³/mol. The first-order valence-corrected chi connectivity index (χ1v) is 10.7. The number of phenols is 2. The van der Waals surface area contributed by atoms with E-state index in [-0.39, 0.29) is 11.5 Å². The van der Waals surface area contributed by atoms with Gasteiger partial charge in [-0.3, -0.25) is 0 Å². The van der Waals surface area contributed by atoms with E-state index in [1.807, 2.05) is 30.6 Å². The zero-order chi connectivity index (χ0) is 22.3. The smallest absolute Gasteiger partial charge is 0.133 e. The van der Waals surface area contributed by atoms with Gasteiger partial charge in [0.1, 0.15) is 11.5 Å². The number of H-pyrrole nitrogens is 2. The molecule has 0 saturated heterocycles. The number of aromatic nitrogens is 2. The maximum absolute atomic E-state index is 11.3. The van der Waals surface area contributed by atoms with E-state index < -0.39 is 0 Å². The Hall–Kier alpha value is -2.96. The number of likely N-dealkylation sites (N-methyl/N-ethyl adjacent to an activating group) is 2. The minimum absolute atomic E-state index is 0.269. The van der Waals surface area contributed by atoms with E-state index in [0.29, 0.717) is 0 Å². The molecule has 0 aliphatic rings. The summed E-state index contributed by atoms with van der Waals surface area (Å²) in [5.41, 5.74) is 5.65. The van der Waals surface area contributed by atoms with E-state index in [9.17, 15) is 10.2 Å². The van der Waals surface area contributed by atoms with Crippen LogP contribution in [0.2, 0.25) is 0 Å². The van der Waals surface area contributed by atoms with Gasteiger partial charge in [-0.1, -0.05) is 0 Å². The first kappa shape index (κ1) is 21.3. The van der Waals surface area contributed by atoms with Gasteiger partial charge in [0.15, 0.2) is 0 Å². The molecule has 0 bridgehead atoms. The lowest BCUT2D eigenvalue weighted by Crippen LogP contribution is -2.36. The van der Waals surface area contributed by atoms with Gasteiger partial charge in [-0.05, 0) is 55.9 Å². The third-order valence-corrected chi connectivity index (χ3v) is 5.97. The quantitative estimate of drug-likeness (QED) is 0.340. The second-order valence-electron chi connectivity index (χ2n) is 9.71. The number of aromatic amines is 2. The van der Waals surface area contributed by atoms with Crippen LogP contribution in [0.25, 0.3) is 32.9 Å². The van der Waals surface area contributed by atoms with Crippen molar-refractivity contribution in [2.75, 3.05) is 48.3 Å². The average molecular weight is 422 g/mol. The second kappa shape index (κ2) is 7.94. The molecule has 4 N–H and O–H groups in total. The number of rotatable bonds is 7. The van der Waals surface area contributed by atoms with Gasteiger partial charge in [-0.15, -0.1) is 0 Å². The van der Waals surface area contributed by atoms with E-state index in [1.165, 1.54) is 0 Å². The van der Waals surface area contributed by atoms with Crippen LogP contribution in [0.4, 0.5) is 0 Å². The SMILES string of the molecule is CN(C)CCc1c[nH]c2ccc(-c3ccc(O)c4c(CC[N+](C)(C)C)c[nH]c34)c(O)c12. The van der Waals surface area contributed by atoms with Crippen LogP contribution in [-0.2, 0) is 12.8 Å². The van der Waals surface area contributed by atoms with Crippen molar-refractivity contribution >= 4 is 21.8 Å². The molecular formula is C25H33N4O2+. The Kier molecular flexibility index (Phi) is 5.45. The third-order valence-electron chi connectivity index (χ3n) is 5.97. The van der Waals surface area contributed by atoms with Gasteiger partial charge in [-0.25, -0.2) is 0 Å². The number of nitrogens with one attached hydrogen (secondary N) is 2. The Morgan fingerprint density at radius 1 is 0.839 bits per heavy atom. The Bertz CT molecular complexity index is 1230. The van der Waals surface area contributed by atoms with Gasteiger partial charge in [0, 0.05) is 52.8 Å². The van der Waals surface area contributed by atoms with Gasteiger partial charge < -0.3 is 29.6 Å². The molecule has 0 unspecified atom stereocenters. The molecule has 31 heavy (non-hydrogen) atoms. The summed E-state index contributed by atoms with van der Waals surface area (Å²) in [7, 11) is 10.6. The molecule has 164 valence electrons. The van der Waals surface area contributed by atoms with Crippen molar-refractivity contribution in [2.45, 2.75) is 12.8 Å². The number of phenolic OH excluding ortho intramolecular Hbond substituents is 2. The fraction of sp³-hybridized carbons (Fsp3) is 0.360. The molecule has 4 rings (SSSR count). The van der Waals surface area contributed by atoms with Crippen molar-refractivity contribution in [3.05, 3.63) is 47.8 Å². The highest BCUT2D eigenvalue weighted by Crippen LogP contribution is 2.42. The molecular weight excluding hydrogens is 388 g/mol. The van der Waals surface area contributed by atoms with Crippen molar-refractivity contribution in [2.24, 2.45) is 0 Å². The molecule has 6 heteroatoms. The number of nitrogens with zero attached hydrogens (tertiary/aromatic N) is 2. The zero-order valence-electron chi connectivity index (χ0n) is 19.1. The Morgan fingerprint density at radius 2 is 1.52 bits per heavy atom. The number of aromatic hydroxyl groups is 2. The molecule has 0 amide bonds. The minimum atomic E-state index is 0.269. The molecule has 0 fully saturated rings. The molecule has 0 saturated carbocycles. The monoisotopic (exact) mass is 421 g/mol. The molecule has 0 aliphatic carbocycles. The molecule has 2 aromatic heterocycles. The molecule has 2 heterocycles. The largest absolute Gasteiger partial charge is 0.507 e. The van der Waals surface area contributed by atoms with Crippen LogP contribution < -0.4 is 0 Å². The minimum Gasteiger partial charge on any atom is -0.507 e. The average Bonchev–Trinajstić information content (AvgIpc) is 3.30. The summed E-state index contributed by atoms with van der Waals surface area (Å²) in [6.07, 6.45) is 5.68. The highest BCUT2D eigenvalue weighted by molar-refractivity contribution is 6.04. The van der Waals surface area contributed by atoms with E-state index in [2.05, 4.69) is 50.1 Å². The van der Waals surface area contributed by atoms with Crippen molar-refractivity contribution in [1.29, 1.82) is 0 Å². The second-order valence-corrected chi connectivity index (χ2v) is 9.71.